The van der Waals surface area contributed by atoms with Gasteiger partial charge in [-0.15, -0.1) is 0 Å². The minimum Gasteiger partial charge on any atom is -0.457 e. The molecule has 0 amide bonds. The molecule has 1 aliphatic rings. The van der Waals surface area contributed by atoms with Gasteiger partial charge >= 0.3 is 10.3 Å². The van der Waals surface area contributed by atoms with E-state index in [0.29, 0.717) is 30.9 Å². The molecule has 0 bridgehead atoms. The van der Waals surface area contributed by atoms with Gasteiger partial charge in [0.05, 0.1) is 24.8 Å². The van der Waals surface area contributed by atoms with E-state index in [-0.39, 0.29) is 35.5 Å². The quantitative estimate of drug-likeness (QED) is 0.223. The number of carbonyl (C=O) groups excluding carboxylic acids is 1. The van der Waals surface area contributed by atoms with Gasteiger partial charge < -0.3 is 15.2 Å². The SMILES string of the molecule is NS(=O)(=O)OC[C@H]1C[C@@H](Nc2ncncc2C(=O)c2ccn(Cc3cccc(Oc4ccc(F)cc4)c3)n2)C[C@@H]1O. The minimum absolute atomic E-state index is 0.187. The van der Waals surface area contributed by atoms with Crippen LogP contribution in [-0.2, 0) is 21.0 Å². The van der Waals surface area contributed by atoms with E-state index in [1.807, 2.05) is 18.2 Å². The van der Waals surface area contributed by atoms with Gasteiger partial charge in [-0.25, -0.2) is 19.5 Å². The first-order chi connectivity index (χ1) is 19.6. The zero-order valence-electron chi connectivity index (χ0n) is 21.6. The summed E-state index contributed by atoms with van der Waals surface area (Å²) in [6.45, 7) is 0.124. The fraction of sp³-hybridized carbons (Fsp3) is 0.259. The first kappa shape index (κ1) is 28.3. The molecule has 214 valence electrons. The molecule has 0 spiro atoms. The van der Waals surface area contributed by atoms with Crippen LogP contribution in [-0.4, -0.2) is 57.8 Å². The van der Waals surface area contributed by atoms with E-state index >= 15 is 0 Å². The van der Waals surface area contributed by atoms with Crippen molar-refractivity contribution in [2.24, 2.45) is 11.1 Å². The van der Waals surface area contributed by atoms with Crippen LogP contribution in [0.15, 0.2) is 73.3 Å². The van der Waals surface area contributed by atoms with Crippen LogP contribution in [0.3, 0.4) is 0 Å². The van der Waals surface area contributed by atoms with Crippen LogP contribution in [0.2, 0.25) is 0 Å². The van der Waals surface area contributed by atoms with Crippen LogP contribution in [0.25, 0.3) is 0 Å². The predicted molar refractivity (Wildman–Crippen MR) is 145 cm³/mol. The van der Waals surface area contributed by atoms with Crippen LogP contribution < -0.4 is 15.2 Å². The highest BCUT2D eigenvalue weighted by Crippen LogP contribution is 2.30. The number of aliphatic hydroxyl groups is 1. The molecular formula is C27H27FN6O6S. The van der Waals surface area contributed by atoms with Crippen molar-refractivity contribution in [3.63, 3.8) is 0 Å². The summed E-state index contributed by atoms with van der Waals surface area (Å²) in [4.78, 5) is 21.5. The van der Waals surface area contributed by atoms with Gasteiger partial charge in [0.2, 0.25) is 5.78 Å². The van der Waals surface area contributed by atoms with Crippen molar-refractivity contribution in [3.05, 3.63) is 96.0 Å². The lowest BCUT2D eigenvalue weighted by Gasteiger charge is -2.15. The number of aromatic nitrogens is 4. The molecule has 0 aliphatic heterocycles. The van der Waals surface area contributed by atoms with Gasteiger partial charge in [0.1, 0.15) is 35.2 Å². The largest absolute Gasteiger partial charge is 0.457 e. The van der Waals surface area contributed by atoms with Crippen LogP contribution in [0.4, 0.5) is 10.2 Å². The zero-order chi connectivity index (χ0) is 29.0. The number of benzene rings is 2. The number of hydrogen-bond donors (Lipinski definition) is 3. The highest BCUT2D eigenvalue weighted by Gasteiger charge is 2.35. The highest BCUT2D eigenvalue weighted by molar-refractivity contribution is 7.84. The number of halogens is 1. The summed E-state index contributed by atoms with van der Waals surface area (Å²) in [5.41, 5.74) is 1.26. The number of hydrogen-bond acceptors (Lipinski definition) is 10. The monoisotopic (exact) mass is 582 g/mol. The lowest BCUT2D eigenvalue weighted by atomic mass is 10.1. The molecule has 1 aliphatic carbocycles. The predicted octanol–water partition coefficient (Wildman–Crippen LogP) is 2.66. The number of anilines is 1. The average molecular weight is 583 g/mol. The maximum absolute atomic E-state index is 13.3. The van der Waals surface area contributed by atoms with Gasteiger partial charge in [-0.05, 0) is 60.9 Å². The minimum atomic E-state index is -4.12. The van der Waals surface area contributed by atoms with E-state index in [9.17, 15) is 22.7 Å². The van der Waals surface area contributed by atoms with E-state index in [4.69, 9.17) is 9.88 Å². The van der Waals surface area contributed by atoms with Crippen molar-refractivity contribution in [2.75, 3.05) is 11.9 Å². The Morgan fingerprint density at radius 1 is 1.15 bits per heavy atom. The first-order valence-electron chi connectivity index (χ1n) is 12.7. The Balaban J connectivity index is 1.24. The van der Waals surface area contributed by atoms with Gasteiger partial charge in [-0.3, -0.25) is 13.7 Å². The third kappa shape index (κ3) is 7.49. The van der Waals surface area contributed by atoms with Crippen molar-refractivity contribution in [3.8, 4) is 11.5 Å². The third-order valence-electron chi connectivity index (χ3n) is 6.57. The Bertz CT molecular complexity index is 1630. The molecule has 4 N–H and O–H groups in total. The average Bonchev–Trinajstić information content (AvgIpc) is 3.54. The summed E-state index contributed by atoms with van der Waals surface area (Å²) in [7, 11) is -4.12. The lowest BCUT2D eigenvalue weighted by molar-refractivity contribution is 0.101. The molecule has 5 rings (SSSR count). The van der Waals surface area contributed by atoms with E-state index in [1.165, 1.54) is 24.7 Å². The van der Waals surface area contributed by atoms with E-state index in [2.05, 4.69) is 24.6 Å². The maximum atomic E-state index is 13.3. The van der Waals surface area contributed by atoms with Crippen molar-refractivity contribution in [2.45, 2.75) is 31.5 Å². The normalized spacial score (nSPS) is 18.8. The maximum Gasteiger partial charge on any atom is 0.333 e. The van der Waals surface area contributed by atoms with Gasteiger partial charge in [0.15, 0.2) is 0 Å². The first-order valence-corrected chi connectivity index (χ1v) is 14.1. The van der Waals surface area contributed by atoms with E-state index in [1.54, 1.807) is 35.1 Å². The fourth-order valence-electron chi connectivity index (χ4n) is 4.63. The Morgan fingerprint density at radius 2 is 1.95 bits per heavy atom. The number of rotatable bonds is 11. The Kier molecular flexibility index (Phi) is 8.35. The molecule has 2 aromatic carbocycles. The van der Waals surface area contributed by atoms with Gasteiger partial charge in [-0.2, -0.15) is 13.5 Å². The third-order valence-corrected chi connectivity index (χ3v) is 7.03. The second kappa shape index (κ2) is 12.1. The lowest BCUT2D eigenvalue weighted by Crippen LogP contribution is -2.24. The molecule has 1 fully saturated rings. The number of aliphatic hydroxyl groups excluding tert-OH is 1. The molecule has 41 heavy (non-hydrogen) atoms. The van der Waals surface area contributed by atoms with Crippen molar-refractivity contribution >= 4 is 21.9 Å². The molecule has 0 saturated heterocycles. The number of nitrogens with zero attached hydrogens (tertiary/aromatic N) is 4. The standard InChI is InChI=1S/C27H27FN6O6S/c28-19-4-6-21(7-5-19)40-22-3-1-2-17(10-22)14-34-9-8-24(33-34)26(36)23-13-30-16-31-27(23)32-20-11-18(25(35)12-20)15-39-41(29,37)38/h1-10,13,16,18,20,25,35H,11-12,14-15H2,(H2,29,37,38)(H,30,31,32)/t18-,20-,25+/m1/s1. The van der Waals surface area contributed by atoms with E-state index < -0.39 is 28.1 Å². The van der Waals surface area contributed by atoms with Crippen molar-refractivity contribution in [1.82, 2.24) is 19.7 Å². The molecule has 0 unspecified atom stereocenters. The molecule has 2 aromatic heterocycles. The number of nitrogens with two attached hydrogens (primary N) is 1. The zero-order valence-corrected chi connectivity index (χ0v) is 22.4. The van der Waals surface area contributed by atoms with Crippen LogP contribution in [0.5, 0.6) is 11.5 Å². The molecule has 1 saturated carbocycles. The highest BCUT2D eigenvalue weighted by atomic mass is 32.2. The summed E-state index contributed by atoms with van der Waals surface area (Å²) < 4.78 is 47.4. The second-order valence-electron chi connectivity index (χ2n) is 9.63. The Hall–Kier alpha value is -4.24. The van der Waals surface area contributed by atoms with Crippen molar-refractivity contribution in [1.29, 1.82) is 0 Å². The summed E-state index contributed by atoms with van der Waals surface area (Å²) in [6.07, 6.45) is 4.24. The molecule has 0 radical (unpaired) electrons. The smallest absolute Gasteiger partial charge is 0.333 e. The Labute approximate surface area is 235 Å². The number of carbonyl (C=O) groups is 1. The molecule has 14 heteroatoms. The van der Waals surface area contributed by atoms with Crippen LogP contribution in [0.1, 0.15) is 34.5 Å². The Morgan fingerprint density at radius 3 is 2.73 bits per heavy atom. The summed E-state index contributed by atoms with van der Waals surface area (Å²) >= 11 is 0. The fourth-order valence-corrected chi connectivity index (χ4v) is 4.99. The molecule has 12 nitrogen and oxygen atoms in total. The summed E-state index contributed by atoms with van der Waals surface area (Å²) in [5, 5.41) is 22.8. The molecule has 2 heterocycles. The molecule has 3 atom stereocenters. The number of nitrogens with one attached hydrogen (secondary N) is 1. The van der Waals surface area contributed by atoms with Gasteiger partial charge in [0, 0.05) is 24.4 Å². The van der Waals surface area contributed by atoms with Crippen molar-refractivity contribution < 1.29 is 31.6 Å². The molecule has 4 aromatic rings. The van der Waals surface area contributed by atoms with Crippen LogP contribution in [0, 0.1) is 11.7 Å². The van der Waals surface area contributed by atoms with Gasteiger partial charge in [0.25, 0.3) is 0 Å². The van der Waals surface area contributed by atoms with Crippen LogP contribution >= 0.6 is 0 Å². The van der Waals surface area contributed by atoms with E-state index in [0.717, 1.165) is 5.56 Å². The second-order valence-corrected chi connectivity index (χ2v) is 10.9. The number of ether oxygens (including phenoxy) is 1. The number of ketones is 1. The van der Waals surface area contributed by atoms with Gasteiger partial charge in [-0.1, -0.05) is 12.1 Å². The summed E-state index contributed by atoms with van der Waals surface area (Å²) in [6, 6.07) is 14.4. The molecular weight excluding hydrogens is 555 g/mol. The topological polar surface area (TPSA) is 172 Å². The summed E-state index contributed by atoms with van der Waals surface area (Å²) in [5.74, 6) is 0.152.